The van der Waals surface area contributed by atoms with Gasteiger partial charge in [0.15, 0.2) is 0 Å². The topological polar surface area (TPSA) is 76.7 Å². The van der Waals surface area contributed by atoms with Gasteiger partial charge in [0.05, 0.1) is 19.9 Å². The molecule has 0 fully saturated rings. The molecule has 7 heteroatoms. The Morgan fingerprint density at radius 1 is 1.04 bits per heavy atom. The summed E-state index contributed by atoms with van der Waals surface area (Å²) in [7, 11) is 3.02. The number of anilines is 2. The van der Waals surface area contributed by atoms with Crippen molar-refractivity contribution in [2.75, 3.05) is 24.9 Å². The predicted octanol–water partition coefficient (Wildman–Crippen LogP) is 3.63. The van der Waals surface area contributed by atoms with Crippen LogP contribution in [-0.2, 0) is 9.59 Å². The molecule has 2 rings (SSSR count). The Hall–Kier alpha value is -2.73. The van der Waals surface area contributed by atoms with Crippen molar-refractivity contribution >= 4 is 34.8 Å². The maximum absolute atomic E-state index is 12.1. The number of carbonyl (C=O) groups is 2. The molecule has 0 saturated heterocycles. The summed E-state index contributed by atoms with van der Waals surface area (Å²) < 4.78 is 10.3. The molecule has 132 valence electrons. The second-order valence-electron chi connectivity index (χ2n) is 5.31. The third-order valence-corrected chi connectivity index (χ3v) is 3.84. The highest BCUT2D eigenvalue weighted by molar-refractivity contribution is 6.31. The summed E-state index contributed by atoms with van der Waals surface area (Å²) in [6.07, 6.45) is -0.331. The summed E-state index contributed by atoms with van der Waals surface area (Å²) in [5, 5.41) is 5.84. The van der Waals surface area contributed by atoms with Crippen LogP contribution in [0.1, 0.15) is 12.0 Å². The van der Waals surface area contributed by atoms with Gasteiger partial charge in [-0.05, 0) is 30.7 Å². The average molecular weight is 363 g/mol. The van der Waals surface area contributed by atoms with Crippen molar-refractivity contribution in [3.8, 4) is 11.5 Å². The first-order valence-electron chi connectivity index (χ1n) is 7.51. The van der Waals surface area contributed by atoms with Gasteiger partial charge in [0.1, 0.15) is 17.9 Å². The molecule has 0 saturated carbocycles. The van der Waals surface area contributed by atoms with Crippen LogP contribution in [0.4, 0.5) is 11.4 Å². The smallest absolute Gasteiger partial charge is 0.233 e. The van der Waals surface area contributed by atoms with Crippen molar-refractivity contribution in [1.82, 2.24) is 0 Å². The van der Waals surface area contributed by atoms with E-state index < -0.39 is 11.8 Å². The highest BCUT2D eigenvalue weighted by atomic mass is 35.5. The molecule has 0 aliphatic rings. The Morgan fingerprint density at radius 3 is 2.44 bits per heavy atom. The van der Waals surface area contributed by atoms with Gasteiger partial charge in [-0.15, -0.1) is 0 Å². The zero-order chi connectivity index (χ0) is 18.4. The average Bonchev–Trinajstić information content (AvgIpc) is 2.57. The number of amides is 2. The minimum atomic E-state index is -0.458. The quantitative estimate of drug-likeness (QED) is 0.769. The monoisotopic (exact) mass is 362 g/mol. The highest BCUT2D eigenvalue weighted by Crippen LogP contribution is 2.31. The number of hydrogen-bond acceptors (Lipinski definition) is 4. The summed E-state index contributed by atoms with van der Waals surface area (Å²) >= 11 is 6.03. The summed E-state index contributed by atoms with van der Waals surface area (Å²) in [6.45, 7) is 1.81. The molecule has 2 N–H and O–H groups in total. The fourth-order valence-corrected chi connectivity index (χ4v) is 2.33. The first kappa shape index (κ1) is 18.6. The van der Waals surface area contributed by atoms with Gasteiger partial charge in [-0.2, -0.15) is 0 Å². The fraction of sp³-hybridized carbons (Fsp3) is 0.222. The molecule has 0 unspecified atom stereocenters. The standard InChI is InChI=1S/C18H19ClN2O4/c1-11-7-15(16(25-3)9-14(11)19)21-18(23)10-17(22)20-12-5-4-6-13(8-12)24-2/h4-9H,10H2,1-3H3,(H,20,22)(H,21,23). The summed E-state index contributed by atoms with van der Waals surface area (Å²) in [5.74, 6) is 0.150. The summed E-state index contributed by atoms with van der Waals surface area (Å²) in [6, 6.07) is 10.2. The van der Waals surface area contributed by atoms with Crippen molar-refractivity contribution in [3.63, 3.8) is 0 Å². The minimum Gasteiger partial charge on any atom is -0.497 e. The van der Waals surface area contributed by atoms with Gasteiger partial charge in [0, 0.05) is 22.8 Å². The Labute approximate surface area is 151 Å². The van der Waals surface area contributed by atoms with E-state index in [4.69, 9.17) is 21.1 Å². The first-order valence-corrected chi connectivity index (χ1v) is 7.88. The first-order chi connectivity index (χ1) is 11.9. The normalized spacial score (nSPS) is 10.1. The number of nitrogens with one attached hydrogen (secondary N) is 2. The largest absolute Gasteiger partial charge is 0.497 e. The molecule has 6 nitrogen and oxygen atoms in total. The van der Waals surface area contributed by atoms with E-state index in [0.29, 0.717) is 27.9 Å². The molecule has 0 spiro atoms. The van der Waals surface area contributed by atoms with E-state index in [-0.39, 0.29) is 6.42 Å². The van der Waals surface area contributed by atoms with Gasteiger partial charge >= 0.3 is 0 Å². The molecule has 0 atom stereocenters. The van der Waals surface area contributed by atoms with Crippen LogP contribution in [0, 0.1) is 6.92 Å². The molecule has 0 aliphatic heterocycles. The molecule has 2 aromatic rings. The van der Waals surface area contributed by atoms with Gasteiger partial charge in [-0.3, -0.25) is 9.59 Å². The van der Waals surface area contributed by atoms with Crippen molar-refractivity contribution in [1.29, 1.82) is 0 Å². The lowest BCUT2D eigenvalue weighted by molar-refractivity contribution is -0.123. The lowest BCUT2D eigenvalue weighted by Crippen LogP contribution is -2.21. The lowest BCUT2D eigenvalue weighted by Gasteiger charge is -2.12. The van der Waals surface area contributed by atoms with E-state index in [1.165, 1.54) is 14.2 Å². The van der Waals surface area contributed by atoms with Crippen LogP contribution in [0.2, 0.25) is 5.02 Å². The zero-order valence-electron chi connectivity index (χ0n) is 14.2. The van der Waals surface area contributed by atoms with Gasteiger partial charge in [0.25, 0.3) is 0 Å². The molecule has 2 amide bonds. The second kappa shape index (κ2) is 8.39. The number of halogens is 1. The van der Waals surface area contributed by atoms with Crippen LogP contribution in [0.3, 0.4) is 0 Å². The van der Waals surface area contributed by atoms with E-state index in [9.17, 15) is 9.59 Å². The molecular weight excluding hydrogens is 344 g/mol. The Bertz CT molecular complexity index is 793. The molecule has 2 aromatic carbocycles. The maximum Gasteiger partial charge on any atom is 0.233 e. The summed E-state index contributed by atoms with van der Waals surface area (Å²) in [4.78, 5) is 24.1. The minimum absolute atomic E-state index is 0.331. The van der Waals surface area contributed by atoms with Gasteiger partial charge < -0.3 is 20.1 Å². The molecule has 0 radical (unpaired) electrons. The van der Waals surface area contributed by atoms with E-state index in [1.807, 2.05) is 6.92 Å². The van der Waals surface area contributed by atoms with Crippen LogP contribution in [0.15, 0.2) is 36.4 Å². The Morgan fingerprint density at radius 2 is 1.76 bits per heavy atom. The Kier molecular flexibility index (Phi) is 6.25. The molecule has 0 aromatic heterocycles. The summed E-state index contributed by atoms with van der Waals surface area (Å²) in [5.41, 5.74) is 1.80. The zero-order valence-corrected chi connectivity index (χ0v) is 14.9. The van der Waals surface area contributed by atoms with Gasteiger partial charge in [-0.1, -0.05) is 17.7 Å². The molecular formula is C18H19ClN2O4. The van der Waals surface area contributed by atoms with E-state index in [0.717, 1.165) is 5.56 Å². The third-order valence-electron chi connectivity index (χ3n) is 3.43. The number of aryl methyl sites for hydroxylation is 1. The molecule has 0 heterocycles. The number of hydrogen-bond donors (Lipinski definition) is 2. The third kappa shape index (κ3) is 5.12. The van der Waals surface area contributed by atoms with Crippen molar-refractivity contribution < 1.29 is 19.1 Å². The van der Waals surface area contributed by atoms with E-state index in [1.54, 1.807) is 36.4 Å². The van der Waals surface area contributed by atoms with Crippen molar-refractivity contribution in [2.24, 2.45) is 0 Å². The molecule has 0 aliphatic carbocycles. The van der Waals surface area contributed by atoms with Crippen LogP contribution in [0.25, 0.3) is 0 Å². The van der Waals surface area contributed by atoms with Crippen LogP contribution in [0.5, 0.6) is 11.5 Å². The predicted molar refractivity (Wildman–Crippen MR) is 97.6 cm³/mol. The fourth-order valence-electron chi connectivity index (χ4n) is 2.18. The van der Waals surface area contributed by atoms with Crippen LogP contribution < -0.4 is 20.1 Å². The van der Waals surface area contributed by atoms with Gasteiger partial charge in [0.2, 0.25) is 11.8 Å². The highest BCUT2D eigenvalue weighted by Gasteiger charge is 2.14. The maximum atomic E-state index is 12.1. The number of rotatable bonds is 6. The lowest BCUT2D eigenvalue weighted by atomic mass is 10.2. The van der Waals surface area contributed by atoms with Crippen LogP contribution in [-0.4, -0.2) is 26.0 Å². The SMILES string of the molecule is COc1cccc(NC(=O)CC(=O)Nc2cc(C)c(Cl)cc2OC)c1. The number of ether oxygens (including phenoxy) is 2. The number of carbonyl (C=O) groups excluding carboxylic acids is 2. The van der Waals surface area contributed by atoms with Crippen molar-refractivity contribution in [3.05, 3.63) is 47.0 Å². The molecule has 0 bridgehead atoms. The number of benzene rings is 2. The van der Waals surface area contributed by atoms with Crippen LogP contribution >= 0.6 is 11.6 Å². The Balaban J connectivity index is 2.00. The molecule has 25 heavy (non-hydrogen) atoms. The second-order valence-corrected chi connectivity index (χ2v) is 5.71. The van der Waals surface area contributed by atoms with Gasteiger partial charge in [-0.25, -0.2) is 0 Å². The van der Waals surface area contributed by atoms with Crippen molar-refractivity contribution in [2.45, 2.75) is 13.3 Å². The van der Waals surface area contributed by atoms with E-state index >= 15 is 0 Å². The number of methoxy groups -OCH3 is 2. The van der Waals surface area contributed by atoms with E-state index in [2.05, 4.69) is 10.6 Å².